The van der Waals surface area contributed by atoms with E-state index in [1.54, 1.807) is 0 Å². The van der Waals surface area contributed by atoms with E-state index in [1.807, 2.05) is 0 Å². The van der Waals surface area contributed by atoms with Crippen LogP contribution in [0.2, 0.25) is 0 Å². The highest BCUT2D eigenvalue weighted by molar-refractivity contribution is 6.11. The quantitative estimate of drug-likeness (QED) is 0.195. The molecule has 0 aliphatic heterocycles. The molecule has 0 aliphatic rings. The van der Waals surface area contributed by atoms with Crippen LogP contribution < -0.4 is 11.5 Å². The molecule has 12 heteroatoms. The standard InChI is InChI=1S/C14H20N2O10/c15-13(11(23)24,5-3-9(19)20)7(17)1-2-8(18)14(16,12(25)26)6-4-10(21)22/h1-6,15-16H2,(H,19,20)(H,21,22)(H,23,24)(H,25,26). The van der Waals surface area contributed by atoms with E-state index in [0.717, 1.165) is 0 Å². The van der Waals surface area contributed by atoms with E-state index in [9.17, 15) is 28.8 Å². The molecule has 0 amide bonds. The summed E-state index contributed by atoms with van der Waals surface area (Å²) in [5, 5.41) is 35.3. The number of carboxylic acids is 4. The molecule has 0 rings (SSSR count). The van der Waals surface area contributed by atoms with Crippen LogP contribution in [0.1, 0.15) is 38.5 Å². The number of hydrogen-bond acceptors (Lipinski definition) is 8. The summed E-state index contributed by atoms with van der Waals surface area (Å²) in [6, 6.07) is 0. The van der Waals surface area contributed by atoms with Gasteiger partial charge in [0.15, 0.2) is 22.6 Å². The fourth-order valence-corrected chi connectivity index (χ4v) is 2.01. The Kier molecular flexibility index (Phi) is 8.02. The molecule has 0 saturated heterocycles. The lowest BCUT2D eigenvalue weighted by molar-refractivity contribution is -0.153. The fraction of sp³-hybridized carbons (Fsp3) is 0.571. The normalized spacial score (nSPS) is 15.3. The molecule has 0 aromatic carbocycles. The summed E-state index contributed by atoms with van der Waals surface area (Å²) in [6.07, 6.45) is -4.46. The zero-order valence-electron chi connectivity index (χ0n) is 13.6. The van der Waals surface area contributed by atoms with Crippen molar-refractivity contribution in [2.75, 3.05) is 0 Å². The number of rotatable bonds is 13. The van der Waals surface area contributed by atoms with Crippen molar-refractivity contribution in [2.45, 2.75) is 49.6 Å². The van der Waals surface area contributed by atoms with Gasteiger partial charge >= 0.3 is 23.9 Å². The Morgan fingerprint density at radius 1 is 0.577 bits per heavy atom. The zero-order chi connectivity index (χ0) is 20.7. The smallest absolute Gasteiger partial charge is 0.331 e. The largest absolute Gasteiger partial charge is 0.481 e. The van der Waals surface area contributed by atoms with Crippen LogP contribution in [-0.4, -0.2) is 66.9 Å². The number of carbonyl (C=O) groups excluding carboxylic acids is 2. The van der Waals surface area contributed by atoms with Gasteiger partial charge in [0.1, 0.15) is 0 Å². The van der Waals surface area contributed by atoms with Gasteiger partial charge in [-0.1, -0.05) is 0 Å². The predicted octanol–water partition coefficient (Wildman–Crippen LogP) is -1.80. The Morgan fingerprint density at radius 2 is 0.846 bits per heavy atom. The highest BCUT2D eigenvalue weighted by atomic mass is 16.4. The second kappa shape index (κ2) is 9.01. The minimum Gasteiger partial charge on any atom is -0.481 e. The van der Waals surface area contributed by atoms with Crippen molar-refractivity contribution in [3.8, 4) is 0 Å². The van der Waals surface area contributed by atoms with Gasteiger partial charge in [-0.05, 0) is 12.8 Å². The molecular formula is C14H20N2O10. The Balaban J connectivity index is 5.16. The topological polar surface area (TPSA) is 235 Å². The lowest BCUT2D eigenvalue weighted by atomic mass is 9.83. The van der Waals surface area contributed by atoms with Gasteiger partial charge in [0.2, 0.25) is 0 Å². The van der Waals surface area contributed by atoms with E-state index < -0.39 is 85.0 Å². The van der Waals surface area contributed by atoms with E-state index in [1.165, 1.54) is 0 Å². The Morgan fingerprint density at radius 3 is 1.04 bits per heavy atom. The summed E-state index contributed by atoms with van der Waals surface area (Å²) >= 11 is 0. The number of hydrogen-bond donors (Lipinski definition) is 6. The number of ketones is 2. The molecular weight excluding hydrogens is 356 g/mol. The summed E-state index contributed by atoms with van der Waals surface area (Å²) in [5.41, 5.74) is 5.76. The molecule has 2 atom stereocenters. The molecule has 0 aromatic rings. The van der Waals surface area contributed by atoms with Gasteiger partial charge in [-0.2, -0.15) is 0 Å². The molecule has 0 fully saturated rings. The number of aliphatic carboxylic acids is 4. The summed E-state index contributed by atoms with van der Waals surface area (Å²) in [5.74, 6) is -8.70. The molecule has 26 heavy (non-hydrogen) atoms. The minimum absolute atomic E-state index is 0.711. The molecule has 146 valence electrons. The van der Waals surface area contributed by atoms with Gasteiger partial charge in [-0.3, -0.25) is 19.2 Å². The number of carboxylic acid groups (broad SMARTS) is 4. The van der Waals surface area contributed by atoms with E-state index in [2.05, 4.69) is 0 Å². The maximum atomic E-state index is 12.1. The fourth-order valence-electron chi connectivity index (χ4n) is 2.01. The Labute approximate surface area is 146 Å². The summed E-state index contributed by atoms with van der Waals surface area (Å²) in [7, 11) is 0. The van der Waals surface area contributed by atoms with Crippen molar-refractivity contribution < 1.29 is 49.2 Å². The van der Waals surface area contributed by atoms with Crippen molar-refractivity contribution in [2.24, 2.45) is 11.5 Å². The highest BCUT2D eigenvalue weighted by Crippen LogP contribution is 2.19. The monoisotopic (exact) mass is 376 g/mol. The number of nitrogens with two attached hydrogens (primary N) is 2. The van der Waals surface area contributed by atoms with Gasteiger partial charge in [-0.25, -0.2) is 9.59 Å². The third kappa shape index (κ3) is 5.89. The first kappa shape index (κ1) is 23.1. The SMILES string of the molecule is NC(CCC(=O)O)(C(=O)O)C(=O)CCC(=O)C(N)(CCC(=O)O)C(=O)O. The van der Waals surface area contributed by atoms with Crippen molar-refractivity contribution in [1.29, 1.82) is 0 Å². The molecule has 0 bridgehead atoms. The molecule has 0 spiro atoms. The number of carbonyl (C=O) groups is 6. The lowest BCUT2D eigenvalue weighted by Crippen LogP contribution is -2.57. The van der Waals surface area contributed by atoms with Crippen molar-refractivity contribution >= 4 is 35.4 Å². The third-order valence-electron chi connectivity index (χ3n) is 3.80. The van der Waals surface area contributed by atoms with Crippen LogP contribution in [-0.2, 0) is 28.8 Å². The summed E-state index contributed by atoms with van der Waals surface area (Å²) < 4.78 is 0. The number of Topliss-reactive ketones (excluding diaryl/α,β-unsaturated/α-hetero) is 2. The average Bonchev–Trinajstić information content (AvgIpc) is 2.54. The van der Waals surface area contributed by atoms with E-state index >= 15 is 0 Å². The van der Waals surface area contributed by atoms with Crippen LogP contribution in [0.15, 0.2) is 0 Å². The van der Waals surface area contributed by atoms with Crippen molar-refractivity contribution in [3.05, 3.63) is 0 Å². The first-order valence-electron chi connectivity index (χ1n) is 7.32. The maximum absolute atomic E-state index is 12.1. The predicted molar refractivity (Wildman–Crippen MR) is 82.1 cm³/mol. The molecule has 0 heterocycles. The Bertz CT molecular complexity index is 577. The summed E-state index contributed by atoms with van der Waals surface area (Å²) in [4.78, 5) is 67.6. The van der Waals surface area contributed by atoms with Crippen LogP contribution in [0.4, 0.5) is 0 Å². The molecule has 0 aromatic heterocycles. The van der Waals surface area contributed by atoms with Crippen molar-refractivity contribution in [1.82, 2.24) is 0 Å². The second-order valence-corrected chi connectivity index (χ2v) is 5.69. The van der Waals surface area contributed by atoms with Crippen LogP contribution in [0.5, 0.6) is 0 Å². The first-order chi connectivity index (χ1) is 11.8. The average molecular weight is 376 g/mol. The van der Waals surface area contributed by atoms with Crippen molar-refractivity contribution in [3.63, 3.8) is 0 Å². The van der Waals surface area contributed by atoms with Gasteiger partial charge in [0, 0.05) is 25.7 Å². The lowest BCUT2D eigenvalue weighted by Gasteiger charge is -2.25. The first-order valence-corrected chi connectivity index (χ1v) is 7.32. The van der Waals surface area contributed by atoms with Crippen LogP contribution in [0, 0.1) is 0 Å². The van der Waals surface area contributed by atoms with E-state index in [0.29, 0.717) is 0 Å². The van der Waals surface area contributed by atoms with Gasteiger partial charge in [0.05, 0.1) is 0 Å². The van der Waals surface area contributed by atoms with E-state index in [4.69, 9.17) is 31.9 Å². The van der Waals surface area contributed by atoms with Crippen LogP contribution in [0.25, 0.3) is 0 Å². The second-order valence-electron chi connectivity index (χ2n) is 5.69. The molecule has 0 aliphatic carbocycles. The molecule has 2 unspecified atom stereocenters. The van der Waals surface area contributed by atoms with Gasteiger partial charge in [0.25, 0.3) is 0 Å². The van der Waals surface area contributed by atoms with E-state index in [-0.39, 0.29) is 0 Å². The van der Waals surface area contributed by atoms with Gasteiger partial charge in [-0.15, -0.1) is 0 Å². The van der Waals surface area contributed by atoms with Crippen LogP contribution in [0.3, 0.4) is 0 Å². The molecule has 0 radical (unpaired) electrons. The highest BCUT2D eigenvalue weighted by Gasteiger charge is 2.45. The Hall–Kier alpha value is -2.86. The summed E-state index contributed by atoms with van der Waals surface area (Å²) in [6.45, 7) is 0. The molecule has 8 N–H and O–H groups in total. The molecule has 12 nitrogen and oxygen atoms in total. The molecule has 0 saturated carbocycles. The zero-order valence-corrected chi connectivity index (χ0v) is 13.6. The third-order valence-corrected chi connectivity index (χ3v) is 3.80. The minimum atomic E-state index is -2.56. The van der Waals surface area contributed by atoms with Gasteiger partial charge < -0.3 is 31.9 Å². The van der Waals surface area contributed by atoms with Crippen LogP contribution >= 0.6 is 0 Å². The maximum Gasteiger partial charge on any atom is 0.331 e.